The molecule has 8 nitrogen and oxygen atoms in total. The zero-order chi connectivity index (χ0) is 28.8. The molecular formula is C34H38N6O2. The number of fused-ring (bicyclic) bond motifs is 4. The quantitative estimate of drug-likeness (QED) is 0.300. The number of amides is 1. The van der Waals surface area contributed by atoms with E-state index in [1.165, 1.54) is 54.0 Å². The molecule has 4 atom stereocenters. The van der Waals surface area contributed by atoms with Crippen molar-refractivity contribution in [1.29, 1.82) is 0 Å². The maximum absolute atomic E-state index is 12.5. The van der Waals surface area contributed by atoms with Crippen molar-refractivity contribution in [3.8, 4) is 17.1 Å². The molecule has 1 aromatic heterocycles. The van der Waals surface area contributed by atoms with E-state index in [9.17, 15) is 4.79 Å². The predicted molar refractivity (Wildman–Crippen MR) is 165 cm³/mol. The van der Waals surface area contributed by atoms with Gasteiger partial charge in [-0.2, -0.15) is 9.97 Å². The maximum Gasteiger partial charge on any atom is 0.319 e. The molecule has 0 radical (unpaired) electrons. The van der Waals surface area contributed by atoms with Gasteiger partial charge in [0.05, 0.1) is 5.52 Å². The molecule has 4 aliphatic rings. The summed E-state index contributed by atoms with van der Waals surface area (Å²) in [5.74, 6) is 2.16. The number of anilines is 1. The van der Waals surface area contributed by atoms with Crippen LogP contribution in [0.2, 0.25) is 0 Å². The first-order valence-corrected chi connectivity index (χ1v) is 15.3. The fourth-order valence-corrected chi connectivity index (χ4v) is 7.60. The SMILES string of the molecule is [C-]#[N+]C[C@H]1CN(c2nc(OC[C@@H]3CCCN3C)nc3cc(-c4cccc5c4C4CCC4C5)ccc23)CCN1C(=O)C=C. The first kappa shape index (κ1) is 26.9. The van der Waals surface area contributed by atoms with E-state index in [0.29, 0.717) is 44.2 Å². The maximum atomic E-state index is 12.5. The molecule has 2 aliphatic heterocycles. The Morgan fingerprint density at radius 2 is 2.05 bits per heavy atom. The lowest BCUT2D eigenvalue weighted by Crippen LogP contribution is -2.56. The average molecular weight is 563 g/mol. The van der Waals surface area contributed by atoms with Gasteiger partial charge in [0.2, 0.25) is 12.5 Å². The van der Waals surface area contributed by atoms with E-state index in [1.54, 1.807) is 4.90 Å². The number of hydrogen-bond acceptors (Lipinski definition) is 6. The molecular weight excluding hydrogens is 524 g/mol. The zero-order valence-electron chi connectivity index (χ0n) is 24.3. The van der Waals surface area contributed by atoms with Gasteiger partial charge in [0.1, 0.15) is 18.5 Å². The van der Waals surface area contributed by atoms with E-state index in [-0.39, 0.29) is 18.5 Å². The second kappa shape index (κ2) is 11.0. The van der Waals surface area contributed by atoms with Gasteiger partial charge in [-0.3, -0.25) is 4.79 Å². The molecule has 2 aromatic carbocycles. The highest BCUT2D eigenvalue weighted by Crippen LogP contribution is 2.54. The minimum absolute atomic E-state index is 0.130. The lowest BCUT2D eigenvalue weighted by molar-refractivity contribution is -0.128. The van der Waals surface area contributed by atoms with Crippen LogP contribution in [0.5, 0.6) is 6.01 Å². The molecule has 3 fully saturated rings. The van der Waals surface area contributed by atoms with E-state index in [4.69, 9.17) is 21.3 Å². The summed E-state index contributed by atoms with van der Waals surface area (Å²) in [6, 6.07) is 13.8. The van der Waals surface area contributed by atoms with E-state index in [0.717, 1.165) is 35.6 Å². The van der Waals surface area contributed by atoms with Crippen molar-refractivity contribution in [3.63, 3.8) is 0 Å². The first-order chi connectivity index (χ1) is 20.5. The second-order valence-corrected chi connectivity index (χ2v) is 12.4. The molecule has 2 aliphatic carbocycles. The Labute approximate surface area is 247 Å². The second-order valence-electron chi connectivity index (χ2n) is 12.4. The van der Waals surface area contributed by atoms with E-state index >= 15 is 0 Å². The number of carbonyl (C=O) groups is 1. The van der Waals surface area contributed by atoms with E-state index < -0.39 is 0 Å². The number of aromatic nitrogens is 2. The molecule has 0 bridgehead atoms. The average Bonchev–Trinajstić information content (AvgIpc) is 3.53. The molecule has 0 N–H and O–H groups in total. The van der Waals surface area contributed by atoms with Gasteiger partial charge in [0.25, 0.3) is 0 Å². The standard InChI is InChI=1S/C34H38N6O2/c1-4-31(41)40-16-15-39(20-26(40)19-35-2)33-29-13-11-23(27-9-5-7-24-17-22-10-12-28(22)32(24)27)18-30(29)36-34(37-33)42-21-25-8-6-14-38(25)3/h4-5,7,9,11,13,18,22,25-26,28H,1,6,8,10,12,14-17,19-21H2,3H3/t22?,25-,26-,28?/m0/s1. The fraction of sp³-hybridized carbons (Fsp3) is 0.471. The summed E-state index contributed by atoms with van der Waals surface area (Å²) in [5, 5.41) is 0.961. The van der Waals surface area contributed by atoms with Crippen molar-refractivity contribution in [2.75, 3.05) is 51.3 Å². The molecule has 8 heteroatoms. The first-order valence-electron chi connectivity index (χ1n) is 15.3. The molecule has 0 spiro atoms. The topological polar surface area (TPSA) is 66.2 Å². The van der Waals surface area contributed by atoms with Crippen LogP contribution in [0.3, 0.4) is 0 Å². The van der Waals surface area contributed by atoms with Crippen molar-refractivity contribution in [2.45, 2.75) is 50.1 Å². The predicted octanol–water partition coefficient (Wildman–Crippen LogP) is 4.94. The smallest absolute Gasteiger partial charge is 0.319 e. The Hall–Kier alpha value is -3.96. The van der Waals surface area contributed by atoms with Crippen LogP contribution in [0, 0.1) is 12.5 Å². The molecule has 1 saturated carbocycles. The van der Waals surface area contributed by atoms with Crippen LogP contribution in [0.1, 0.15) is 42.7 Å². The molecule has 42 heavy (non-hydrogen) atoms. The molecule has 7 rings (SSSR count). The van der Waals surface area contributed by atoms with Gasteiger partial charge >= 0.3 is 6.01 Å². The van der Waals surface area contributed by atoms with Gasteiger partial charge in [-0.05, 0) is 98.0 Å². The van der Waals surface area contributed by atoms with Gasteiger partial charge in [0.15, 0.2) is 0 Å². The van der Waals surface area contributed by atoms with Gasteiger partial charge < -0.3 is 24.3 Å². The summed E-state index contributed by atoms with van der Waals surface area (Å²) in [6.45, 7) is 14.7. The minimum atomic E-state index is -0.232. The lowest BCUT2D eigenvalue weighted by atomic mass is 9.73. The summed E-state index contributed by atoms with van der Waals surface area (Å²) in [4.78, 5) is 32.4. The number of likely N-dealkylation sites (tertiary alicyclic amines) is 1. The van der Waals surface area contributed by atoms with Crippen molar-refractivity contribution in [2.24, 2.45) is 5.92 Å². The minimum Gasteiger partial charge on any atom is -0.462 e. The van der Waals surface area contributed by atoms with Gasteiger partial charge in [0, 0.05) is 31.1 Å². The Bertz CT molecular complexity index is 1580. The monoisotopic (exact) mass is 562 g/mol. The molecule has 2 saturated heterocycles. The Balaban J connectivity index is 1.27. The van der Waals surface area contributed by atoms with Crippen molar-refractivity contribution >= 4 is 22.6 Å². The summed E-state index contributed by atoms with van der Waals surface area (Å²) in [6.07, 6.45) is 7.45. The molecule has 2 unspecified atom stereocenters. The third-order valence-electron chi connectivity index (χ3n) is 10.1. The van der Waals surface area contributed by atoms with Gasteiger partial charge in [-0.25, -0.2) is 6.57 Å². The number of benzene rings is 2. The van der Waals surface area contributed by atoms with Crippen LogP contribution in [-0.2, 0) is 11.2 Å². The van der Waals surface area contributed by atoms with Crippen LogP contribution in [0.25, 0.3) is 26.9 Å². The summed E-state index contributed by atoms with van der Waals surface area (Å²) in [7, 11) is 2.15. The largest absolute Gasteiger partial charge is 0.462 e. The highest BCUT2D eigenvalue weighted by atomic mass is 16.5. The van der Waals surface area contributed by atoms with Crippen LogP contribution < -0.4 is 9.64 Å². The normalized spacial score (nSPS) is 25.0. The number of nitrogens with zero attached hydrogens (tertiary/aromatic N) is 6. The highest BCUT2D eigenvalue weighted by molar-refractivity contribution is 5.94. The van der Waals surface area contributed by atoms with Crippen LogP contribution >= 0.6 is 0 Å². The van der Waals surface area contributed by atoms with Gasteiger partial charge in [-0.1, -0.05) is 30.8 Å². The van der Waals surface area contributed by atoms with Crippen LogP contribution in [-0.4, -0.2) is 84.1 Å². The summed E-state index contributed by atoms with van der Waals surface area (Å²) >= 11 is 0. The zero-order valence-corrected chi connectivity index (χ0v) is 24.3. The molecule has 1 amide bonds. The number of piperazine rings is 1. The molecule has 3 aromatic rings. The van der Waals surface area contributed by atoms with Crippen molar-refractivity contribution in [1.82, 2.24) is 19.8 Å². The summed E-state index contributed by atoms with van der Waals surface area (Å²) in [5.41, 5.74) is 6.41. The van der Waals surface area contributed by atoms with Crippen LogP contribution in [0.15, 0.2) is 49.1 Å². The molecule has 3 heterocycles. The third kappa shape index (κ3) is 4.70. The number of hydrogen-bond donors (Lipinski definition) is 0. The van der Waals surface area contributed by atoms with E-state index in [2.05, 4.69) is 64.7 Å². The summed E-state index contributed by atoms with van der Waals surface area (Å²) < 4.78 is 6.29. The Morgan fingerprint density at radius 3 is 2.81 bits per heavy atom. The van der Waals surface area contributed by atoms with Crippen molar-refractivity contribution < 1.29 is 9.53 Å². The highest BCUT2D eigenvalue weighted by Gasteiger charge is 2.40. The number of likely N-dealkylation sites (N-methyl/N-ethyl adjacent to an activating group) is 1. The number of ether oxygens (including phenoxy) is 1. The number of rotatable bonds is 7. The Morgan fingerprint density at radius 1 is 1.14 bits per heavy atom. The number of carbonyl (C=O) groups excluding carboxylic acids is 1. The molecule has 216 valence electrons. The van der Waals surface area contributed by atoms with Crippen LogP contribution in [0.4, 0.5) is 5.82 Å². The van der Waals surface area contributed by atoms with E-state index in [1.807, 2.05) is 0 Å². The lowest BCUT2D eigenvalue weighted by Gasteiger charge is -2.39. The Kier molecular flexibility index (Phi) is 7.07. The van der Waals surface area contributed by atoms with Crippen molar-refractivity contribution in [3.05, 3.63) is 71.6 Å². The third-order valence-corrected chi connectivity index (χ3v) is 10.1. The van der Waals surface area contributed by atoms with Gasteiger partial charge in [-0.15, -0.1) is 0 Å². The fourth-order valence-electron chi connectivity index (χ4n) is 7.60.